The van der Waals surface area contributed by atoms with Crippen LogP contribution in [0.4, 0.5) is 0 Å². The first-order valence-electron chi connectivity index (χ1n) is 5.17. The van der Waals surface area contributed by atoms with E-state index in [2.05, 4.69) is 0 Å². The molecule has 0 radical (unpaired) electrons. The number of hydrogen-bond donors (Lipinski definition) is 1. The molecule has 1 N–H and O–H groups in total. The van der Waals surface area contributed by atoms with Gasteiger partial charge in [0.25, 0.3) is 0 Å². The zero-order valence-electron chi connectivity index (χ0n) is 9.45. The molecule has 1 aliphatic heterocycles. The van der Waals surface area contributed by atoms with E-state index in [1.807, 2.05) is 6.07 Å². The minimum atomic E-state index is -1.90. The predicted octanol–water partition coefficient (Wildman–Crippen LogP) is 2.26. The summed E-state index contributed by atoms with van der Waals surface area (Å²) < 4.78 is 0. The van der Waals surface area contributed by atoms with Crippen molar-refractivity contribution in [1.82, 2.24) is 0 Å². The Morgan fingerprint density at radius 1 is 1.32 bits per heavy atom. The molecule has 2 heterocycles. The lowest BCUT2D eigenvalue weighted by Crippen LogP contribution is -2.43. The highest BCUT2D eigenvalue weighted by Gasteiger charge is 2.57. The van der Waals surface area contributed by atoms with Crippen LogP contribution < -0.4 is 0 Å². The van der Waals surface area contributed by atoms with Crippen LogP contribution in [-0.2, 0) is 4.79 Å². The van der Waals surface area contributed by atoms with Crippen molar-refractivity contribution in [3.8, 4) is 18.2 Å². The molecule has 2 atom stereocenters. The number of thioether (sulfide) groups is 1. The third-order valence-electron chi connectivity index (χ3n) is 2.95. The molecule has 2 rings (SSSR count). The summed E-state index contributed by atoms with van der Waals surface area (Å²) in [5, 5.41) is 36.5. The average molecular weight is 286 g/mol. The van der Waals surface area contributed by atoms with Gasteiger partial charge in [-0.1, -0.05) is 6.07 Å². The maximum Gasteiger partial charge on any atom is 0.230 e. The maximum absolute atomic E-state index is 12.0. The third kappa shape index (κ3) is 1.82. The Labute approximate surface area is 117 Å². The normalized spacial score (nSPS) is 25.1. The fraction of sp³-hybridized carbons (Fsp3) is 0.250. The standard InChI is InChI=1S/C12H6N4OS2/c13-4-7-9(8-2-1-3-18-8)12(5-14,6-15)11(17)19-10(7)16/h1-3,7,9,16H/t7-,9-/m0/s1. The quantitative estimate of drug-likeness (QED) is 0.850. The number of rotatable bonds is 1. The monoisotopic (exact) mass is 286 g/mol. The lowest BCUT2D eigenvalue weighted by atomic mass is 9.71. The van der Waals surface area contributed by atoms with E-state index < -0.39 is 22.4 Å². The van der Waals surface area contributed by atoms with Crippen molar-refractivity contribution in [2.45, 2.75) is 5.92 Å². The lowest BCUT2D eigenvalue weighted by Gasteiger charge is -2.34. The van der Waals surface area contributed by atoms with E-state index in [0.29, 0.717) is 16.6 Å². The van der Waals surface area contributed by atoms with Gasteiger partial charge in [-0.15, -0.1) is 11.3 Å². The molecule has 0 spiro atoms. The van der Waals surface area contributed by atoms with Crippen LogP contribution in [0.1, 0.15) is 10.8 Å². The second-order valence-corrected chi connectivity index (χ2v) is 5.88. The van der Waals surface area contributed by atoms with Gasteiger partial charge in [0, 0.05) is 4.88 Å². The maximum atomic E-state index is 12.0. The molecular formula is C12H6N4OS2. The lowest BCUT2D eigenvalue weighted by molar-refractivity contribution is -0.116. The van der Waals surface area contributed by atoms with Gasteiger partial charge in [0.2, 0.25) is 10.5 Å². The van der Waals surface area contributed by atoms with Crippen LogP contribution in [0.2, 0.25) is 0 Å². The van der Waals surface area contributed by atoms with Gasteiger partial charge < -0.3 is 0 Å². The van der Waals surface area contributed by atoms with E-state index in [9.17, 15) is 20.6 Å². The summed E-state index contributed by atoms with van der Waals surface area (Å²) in [6, 6.07) is 8.88. The Kier molecular flexibility index (Phi) is 3.40. The summed E-state index contributed by atoms with van der Waals surface area (Å²) in [5.74, 6) is -1.84. The van der Waals surface area contributed by atoms with Crippen LogP contribution in [0.15, 0.2) is 17.5 Å². The van der Waals surface area contributed by atoms with Gasteiger partial charge in [0.05, 0.1) is 29.2 Å². The highest BCUT2D eigenvalue weighted by molar-refractivity contribution is 8.26. The van der Waals surface area contributed by atoms with Crippen molar-refractivity contribution in [3.63, 3.8) is 0 Å². The number of nitrogens with one attached hydrogen (secondary N) is 1. The molecule has 19 heavy (non-hydrogen) atoms. The van der Waals surface area contributed by atoms with Crippen molar-refractivity contribution >= 4 is 33.3 Å². The van der Waals surface area contributed by atoms with Gasteiger partial charge in [-0.05, 0) is 23.2 Å². The summed E-state index contributed by atoms with van der Waals surface area (Å²) in [7, 11) is 0. The number of thiophene rings is 1. The Hall–Kier alpha value is -2.14. The largest absolute Gasteiger partial charge is 0.297 e. The molecule has 0 amide bonds. The van der Waals surface area contributed by atoms with E-state index in [1.54, 1.807) is 29.7 Å². The minimum Gasteiger partial charge on any atom is -0.297 e. The van der Waals surface area contributed by atoms with Crippen molar-refractivity contribution in [3.05, 3.63) is 22.4 Å². The molecule has 0 bridgehead atoms. The molecule has 1 aliphatic rings. The fourth-order valence-corrected chi connectivity index (χ4v) is 3.83. The zero-order valence-corrected chi connectivity index (χ0v) is 11.1. The molecule has 0 saturated carbocycles. The Balaban J connectivity index is 2.68. The van der Waals surface area contributed by atoms with Crippen LogP contribution in [0, 0.1) is 50.7 Å². The van der Waals surface area contributed by atoms with Crippen LogP contribution in [-0.4, -0.2) is 10.2 Å². The van der Waals surface area contributed by atoms with Crippen molar-refractivity contribution in [2.24, 2.45) is 11.3 Å². The minimum absolute atomic E-state index is 0.105. The average Bonchev–Trinajstić information content (AvgIpc) is 2.92. The number of carbonyl (C=O) groups is 1. The van der Waals surface area contributed by atoms with Crippen LogP contribution >= 0.6 is 23.1 Å². The van der Waals surface area contributed by atoms with Crippen molar-refractivity contribution in [2.75, 3.05) is 0 Å². The topological polar surface area (TPSA) is 112 Å². The summed E-state index contributed by atoms with van der Waals surface area (Å²) in [6.45, 7) is 0. The van der Waals surface area contributed by atoms with Crippen LogP contribution in [0.25, 0.3) is 0 Å². The summed E-state index contributed by atoms with van der Waals surface area (Å²) in [6.07, 6.45) is 0. The molecule has 0 unspecified atom stereocenters. The first-order chi connectivity index (χ1) is 9.10. The Morgan fingerprint density at radius 3 is 2.47 bits per heavy atom. The van der Waals surface area contributed by atoms with Gasteiger partial charge in [-0.3, -0.25) is 10.2 Å². The summed E-state index contributed by atoms with van der Waals surface area (Å²) in [5.41, 5.74) is -1.90. The van der Waals surface area contributed by atoms with E-state index >= 15 is 0 Å². The van der Waals surface area contributed by atoms with E-state index in [0.717, 1.165) is 0 Å². The number of nitriles is 3. The summed E-state index contributed by atoms with van der Waals surface area (Å²) in [4.78, 5) is 12.6. The van der Waals surface area contributed by atoms with Crippen LogP contribution in [0.3, 0.4) is 0 Å². The van der Waals surface area contributed by atoms with Gasteiger partial charge >= 0.3 is 0 Å². The van der Waals surface area contributed by atoms with Crippen LogP contribution in [0.5, 0.6) is 0 Å². The van der Waals surface area contributed by atoms with Crippen molar-refractivity contribution < 1.29 is 4.79 Å². The van der Waals surface area contributed by atoms with E-state index in [-0.39, 0.29) is 5.04 Å². The Bertz CT molecular complexity index is 645. The molecular weight excluding hydrogens is 280 g/mol. The molecule has 1 fully saturated rings. The third-order valence-corrected chi connectivity index (χ3v) is 4.89. The highest BCUT2D eigenvalue weighted by atomic mass is 32.2. The second kappa shape index (κ2) is 4.85. The first kappa shape index (κ1) is 13.3. The molecule has 0 aliphatic carbocycles. The first-order valence-corrected chi connectivity index (χ1v) is 6.86. The molecule has 0 aromatic carbocycles. The highest BCUT2D eigenvalue weighted by Crippen LogP contribution is 2.50. The molecule has 5 nitrogen and oxygen atoms in total. The molecule has 1 aromatic rings. The van der Waals surface area contributed by atoms with Crippen molar-refractivity contribution in [1.29, 1.82) is 21.2 Å². The fourth-order valence-electron chi connectivity index (χ4n) is 2.01. The molecule has 1 saturated heterocycles. The number of hydrogen-bond acceptors (Lipinski definition) is 7. The van der Waals surface area contributed by atoms with E-state index in [4.69, 9.17) is 5.41 Å². The van der Waals surface area contributed by atoms with Gasteiger partial charge in [-0.25, -0.2) is 0 Å². The zero-order chi connectivity index (χ0) is 14.0. The molecule has 1 aromatic heterocycles. The Morgan fingerprint density at radius 2 is 2.00 bits per heavy atom. The van der Waals surface area contributed by atoms with Gasteiger partial charge in [-0.2, -0.15) is 15.8 Å². The molecule has 92 valence electrons. The predicted molar refractivity (Wildman–Crippen MR) is 70.1 cm³/mol. The number of carbonyl (C=O) groups excluding carboxylic acids is 1. The second-order valence-electron chi connectivity index (χ2n) is 3.89. The van der Waals surface area contributed by atoms with Gasteiger partial charge in [0.1, 0.15) is 5.92 Å². The SMILES string of the molecule is N#C[C@@H]1C(=N)SC(=O)C(C#N)(C#N)[C@@H]1c1cccs1. The van der Waals surface area contributed by atoms with E-state index in [1.165, 1.54) is 11.3 Å². The molecule has 7 heteroatoms. The number of nitrogens with zero attached hydrogens (tertiary/aromatic N) is 3. The smallest absolute Gasteiger partial charge is 0.230 e. The summed E-state index contributed by atoms with van der Waals surface area (Å²) >= 11 is 1.79. The van der Waals surface area contributed by atoms with Gasteiger partial charge in [0.15, 0.2) is 0 Å².